The summed E-state index contributed by atoms with van der Waals surface area (Å²) >= 11 is 5.62. The minimum Gasteiger partial charge on any atom is -0.484 e. The van der Waals surface area contributed by atoms with Crippen LogP contribution in [-0.2, 0) is 20.5 Å². The van der Waals surface area contributed by atoms with Gasteiger partial charge in [0, 0.05) is 18.7 Å². The summed E-state index contributed by atoms with van der Waals surface area (Å²) in [6, 6.07) is 3.35. The van der Waals surface area contributed by atoms with Crippen LogP contribution in [0.25, 0.3) is 0 Å². The first kappa shape index (κ1) is 30.9. The van der Waals surface area contributed by atoms with Gasteiger partial charge in [-0.3, -0.25) is 14.5 Å². The summed E-state index contributed by atoms with van der Waals surface area (Å²) in [7, 11) is 0. The average molecular weight is 592 g/mol. The van der Waals surface area contributed by atoms with Gasteiger partial charge in [0.1, 0.15) is 29.0 Å². The lowest BCUT2D eigenvalue weighted by molar-refractivity contribution is -0.137. The molecule has 2 aromatic rings. The molecule has 2 N–H and O–H groups in total. The van der Waals surface area contributed by atoms with E-state index in [2.05, 4.69) is 10.6 Å². The van der Waals surface area contributed by atoms with Crippen LogP contribution in [0.2, 0.25) is 5.02 Å². The molecular weight excluding hydrogens is 565 g/mol. The van der Waals surface area contributed by atoms with E-state index >= 15 is 0 Å². The smallest absolute Gasteiger partial charge is 0.416 e. The number of carbonyl (C=O) groups is 3. The maximum Gasteiger partial charge on any atom is 0.416 e. The predicted molar refractivity (Wildman–Crippen MR) is 135 cm³/mol. The van der Waals surface area contributed by atoms with Gasteiger partial charge in [-0.15, -0.1) is 0 Å². The Balaban J connectivity index is 1.71. The van der Waals surface area contributed by atoms with E-state index in [1.807, 2.05) is 0 Å². The molecule has 218 valence electrons. The van der Waals surface area contributed by atoms with Crippen molar-refractivity contribution in [3.8, 4) is 5.75 Å². The minimum atomic E-state index is -4.77. The molecule has 1 aliphatic rings. The summed E-state index contributed by atoms with van der Waals surface area (Å²) in [6.07, 6.45) is -5.52. The van der Waals surface area contributed by atoms with Gasteiger partial charge in [0.05, 0.1) is 16.3 Å². The maximum atomic E-state index is 14.2. The first-order valence-electron chi connectivity index (χ1n) is 12.1. The number of halogens is 6. The van der Waals surface area contributed by atoms with Crippen LogP contribution < -0.4 is 15.4 Å². The number of likely N-dealkylation sites (tertiary alicyclic amines) is 1. The van der Waals surface area contributed by atoms with Crippen molar-refractivity contribution in [3.63, 3.8) is 0 Å². The van der Waals surface area contributed by atoms with E-state index in [1.165, 1.54) is 12.1 Å². The van der Waals surface area contributed by atoms with Gasteiger partial charge in [0.2, 0.25) is 5.91 Å². The molecule has 2 aromatic carbocycles. The van der Waals surface area contributed by atoms with Crippen molar-refractivity contribution in [3.05, 3.63) is 58.6 Å². The molecule has 1 heterocycles. The lowest BCUT2D eigenvalue weighted by atomic mass is 9.97. The second kappa shape index (κ2) is 12.3. The Morgan fingerprint density at radius 3 is 2.35 bits per heavy atom. The summed E-state index contributed by atoms with van der Waals surface area (Å²) in [5, 5.41) is 4.67. The number of amides is 3. The number of hydrogen-bond acceptors (Lipinski definition) is 5. The van der Waals surface area contributed by atoms with Crippen molar-refractivity contribution >= 4 is 35.2 Å². The highest BCUT2D eigenvalue weighted by Gasteiger charge is 2.39. The Morgan fingerprint density at radius 2 is 1.73 bits per heavy atom. The maximum absolute atomic E-state index is 14.2. The second-order valence-corrected chi connectivity index (χ2v) is 10.4. The van der Waals surface area contributed by atoms with Crippen molar-refractivity contribution in [1.82, 2.24) is 10.2 Å². The lowest BCUT2D eigenvalue weighted by Gasteiger charge is -2.39. The van der Waals surface area contributed by atoms with E-state index in [-0.39, 0.29) is 30.2 Å². The van der Waals surface area contributed by atoms with Gasteiger partial charge < -0.3 is 20.1 Å². The third kappa shape index (κ3) is 8.44. The van der Waals surface area contributed by atoms with E-state index in [9.17, 15) is 36.3 Å². The first-order chi connectivity index (χ1) is 18.5. The van der Waals surface area contributed by atoms with E-state index in [0.29, 0.717) is 18.2 Å². The Labute approximate surface area is 231 Å². The number of hydrogen-bond donors (Lipinski definition) is 2. The summed E-state index contributed by atoms with van der Waals surface area (Å²) in [4.78, 5) is 39.5. The van der Waals surface area contributed by atoms with Gasteiger partial charge in [-0.1, -0.05) is 11.6 Å². The number of nitrogens with zero attached hydrogens (tertiary/aromatic N) is 1. The van der Waals surface area contributed by atoms with E-state index < -0.39 is 71.3 Å². The van der Waals surface area contributed by atoms with Crippen LogP contribution in [0.4, 0.5) is 32.4 Å². The Morgan fingerprint density at radius 1 is 1.02 bits per heavy atom. The largest absolute Gasteiger partial charge is 0.484 e. The highest BCUT2D eigenvalue weighted by Crippen LogP contribution is 2.32. The highest BCUT2D eigenvalue weighted by molar-refractivity contribution is 6.30. The van der Waals surface area contributed by atoms with Gasteiger partial charge in [-0.25, -0.2) is 13.6 Å². The molecule has 0 radical (unpaired) electrons. The number of alkyl halides is 3. The molecule has 0 bridgehead atoms. The minimum absolute atomic E-state index is 0.0279. The molecule has 14 heteroatoms. The standard InChI is InChI=1S/C26H27ClF5N3O5/c1-25(2,3)40-24(38)35-12-15(33-22(36)13-39-16-6-7-17(27)19(29)11-16)5-9-21(35)23(37)34-20-10-14(26(30,31)32)4-8-18(20)28/h4,6-8,10-11,15,21H,5,9,12-13H2,1-3H3,(H,33,36)(H,34,37)/t15-,21+/m0/s1. The van der Waals surface area contributed by atoms with Crippen molar-refractivity contribution in [2.24, 2.45) is 0 Å². The molecule has 0 saturated carbocycles. The average Bonchev–Trinajstić information content (AvgIpc) is 2.84. The zero-order valence-electron chi connectivity index (χ0n) is 21.7. The van der Waals surface area contributed by atoms with Gasteiger partial charge >= 0.3 is 12.3 Å². The summed E-state index contributed by atoms with van der Waals surface area (Å²) in [6.45, 7) is 4.11. The van der Waals surface area contributed by atoms with Gasteiger partial charge in [-0.2, -0.15) is 13.2 Å². The number of benzene rings is 2. The van der Waals surface area contributed by atoms with Crippen LogP contribution in [0.3, 0.4) is 0 Å². The third-order valence-electron chi connectivity index (χ3n) is 5.69. The van der Waals surface area contributed by atoms with E-state index in [0.717, 1.165) is 11.0 Å². The number of anilines is 1. The van der Waals surface area contributed by atoms with Crippen LogP contribution in [-0.4, -0.2) is 53.6 Å². The van der Waals surface area contributed by atoms with Crippen LogP contribution in [0.1, 0.15) is 39.2 Å². The zero-order chi connectivity index (χ0) is 29.8. The fourth-order valence-corrected chi connectivity index (χ4v) is 4.00. The SMILES string of the molecule is CC(C)(C)OC(=O)N1C[C@@H](NC(=O)COc2ccc(Cl)c(F)c2)CC[C@@H]1C(=O)Nc1cc(C(F)(F)F)ccc1F. The fourth-order valence-electron chi connectivity index (χ4n) is 3.88. The third-order valence-corrected chi connectivity index (χ3v) is 6.00. The molecule has 1 saturated heterocycles. The molecule has 0 aromatic heterocycles. The molecule has 40 heavy (non-hydrogen) atoms. The van der Waals surface area contributed by atoms with Crippen LogP contribution in [0.15, 0.2) is 36.4 Å². The summed E-state index contributed by atoms with van der Waals surface area (Å²) in [5.74, 6) is -3.28. The summed E-state index contributed by atoms with van der Waals surface area (Å²) < 4.78 is 77.7. The van der Waals surface area contributed by atoms with Gasteiger partial charge in [0.15, 0.2) is 6.61 Å². The Hall–Kier alpha value is -3.61. The molecule has 2 atom stereocenters. The number of nitrogens with one attached hydrogen (secondary N) is 2. The molecular formula is C26H27ClF5N3O5. The number of carbonyl (C=O) groups excluding carboxylic acids is 3. The van der Waals surface area contributed by atoms with Crippen molar-refractivity contribution in [1.29, 1.82) is 0 Å². The molecule has 0 unspecified atom stereocenters. The molecule has 3 rings (SSSR count). The lowest BCUT2D eigenvalue weighted by Crippen LogP contribution is -2.58. The molecule has 0 aliphatic carbocycles. The first-order valence-corrected chi connectivity index (χ1v) is 12.5. The zero-order valence-corrected chi connectivity index (χ0v) is 22.5. The normalized spacial score (nSPS) is 17.7. The topological polar surface area (TPSA) is 97.0 Å². The Kier molecular flexibility index (Phi) is 9.49. The van der Waals surface area contributed by atoms with E-state index in [4.69, 9.17) is 21.1 Å². The highest BCUT2D eigenvalue weighted by atomic mass is 35.5. The van der Waals surface area contributed by atoms with Crippen LogP contribution >= 0.6 is 11.6 Å². The van der Waals surface area contributed by atoms with Crippen LogP contribution in [0, 0.1) is 11.6 Å². The quantitative estimate of drug-likeness (QED) is 0.430. The summed E-state index contributed by atoms with van der Waals surface area (Å²) in [5.41, 5.74) is -2.82. The van der Waals surface area contributed by atoms with Gasteiger partial charge in [-0.05, 0) is 63.9 Å². The monoisotopic (exact) mass is 591 g/mol. The predicted octanol–water partition coefficient (Wildman–Crippen LogP) is 5.54. The number of piperidine rings is 1. The molecule has 1 fully saturated rings. The number of rotatable bonds is 6. The Bertz CT molecular complexity index is 1270. The van der Waals surface area contributed by atoms with Crippen LogP contribution in [0.5, 0.6) is 5.75 Å². The van der Waals surface area contributed by atoms with Gasteiger partial charge in [0.25, 0.3) is 5.91 Å². The fraction of sp³-hybridized carbons (Fsp3) is 0.423. The molecule has 8 nitrogen and oxygen atoms in total. The van der Waals surface area contributed by atoms with E-state index in [1.54, 1.807) is 20.8 Å². The molecule has 1 aliphatic heterocycles. The van der Waals surface area contributed by atoms with Crippen molar-refractivity contribution < 1.29 is 45.8 Å². The molecule has 3 amide bonds. The number of ether oxygens (including phenoxy) is 2. The van der Waals surface area contributed by atoms with Crippen molar-refractivity contribution in [2.75, 3.05) is 18.5 Å². The molecule has 0 spiro atoms. The van der Waals surface area contributed by atoms with Crippen molar-refractivity contribution in [2.45, 2.75) is 57.5 Å². The second-order valence-electron chi connectivity index (χ2n) is 10.0.